The number of ether oxygens (including phenoxy) is 3. The number of carbonyl (C=O) groups is 2. The summed E-state index contributed by atoms with van der Waals surface area (Å²) in [5.74, 6) is -0.275. The molecular formula is C9H14O5. The molecule has 1 aliphatic heterocycles. The van der Waals surface area contributed by atoms with Gasteiger partial charge in [-0.25, -0.2) is 4.79 Å². The van der Waals surface area contributed by atoms with Gasteiger partial charge in [0.15, 0.2) is 6.10 Å². The van der Waals surface area contributed by atoms with E-state index in [2.05, 4.69) is 0 Å². The van der Waals surface area contributed by atoms with Crippen LogP contribution in [-0.4, -0.2) is 30.9 Å². The standard InChI is InChI=1S/C9H14O5/c1-3-4-8(10)12-5-7-6(2)13-9(11)14-7/h6-7H,3-5H2,1-2H3. The molecule has 0 aromatic heterocycles. The molecule has 0 aliphatic carbocycles. The molecule has 0 N–H and O–H groups in total. The molecule has 0 radical (unpaired) electrons. The van der Waals surface area contributed by atoms with Crippen molar-refractivity contribution in [2.75, 3.05) is 6.61 Å². The fraction of sp³-hybridized carbons (Fsp3) is 0.778. The zero-order valence-corrected chi connectivity index (χ0v) is 8.32. The number of carbonyl (C=O) groups excluding carboxylic acids is 2. The van der Waals surface area contributed by atoms with Crippen LogP contribution in [0.5, 0.6) is 0 Å². The fourth-order valence-electron chi connectivity index (χ4n) is 1.10. The Morgan fingerprint density at radius 3 is 2.71 bits per heavy atom. The Labute approximate surface area is 82.3 Å². The molecule has 2 atom stereocenters. The first-order valence-corrected chi connectivity index (χ1v) is 4.66. The van der Waals surface area contributed by atoms with E-state index in [9.17, 15) is 9.59 Å². The van der Waals surface area contributed by atoms with Gasteiger partial charge in [0.1, 0.15) is 12.7 Å². The van der Waals surface area contributed by atoms with Crippen molar-refractivity contribution in [1.29, 1.82) is 0 Å². The van der Waals surface area contributed by atoms with Gasteiger partial charge in [0.2, 0.25) is 0 Å². The van der Waals surface area contributed by atoms with E-state index in [1.54, 1.807) is 6.92 Å². The first-order chi connectivity index (χ1) is 6.63. The summed E-state index contributed by atoms with van der Waals surface area (Å²) >= 11 is 0. The van der Waals surface area contributed by atoms with Crippen LogP contribution in [0, 0.1) is 0 Å². The highest BCUT2D eigenvalue weighted by Crippen LogP contribution is 2.14. The number of esters is 1. The number of cyclic esters (lactones) is 2. The van der Waals surface area contributed by atoms with Crippen LogP contribution in [0.2, 0.25) is 0 Å². The van der Waals surface area contributed by atoms with Gasteiger partial charge in [0.05, 0.1) is 0 Å². The second-order valence-electron chi connectivity index (χ2n) is 3.16. The average Bonchev–Trinajstić information content (AvgIpc) is 2.42. The molecule has 14 heavy (non-hydrogen) atoms. The molecular weight excluding hydrogens is 188 g/mol. The van der Waals surface area contributed by atoms with Crippen molar-refractivity contribution in [2.24, 2.45) is 0 Å². The molecule has 1 heterocycles. The van der Waals surface area contributed by atoms with E-state index in [1.807, 2.05) is 6.92 Å². The van der Waals surface area contributed by atoms with Crippen LogP contribution in [0.3, 0.4) is 0 Å². The van der Waals surface area contributed by atoms with Crippen molar-refractivity contribution in [3.05, 3.63) is 0 Å². The molecule has 5 heteroatoms. The summed E-state index contributed by atoms with van der Waals surface area (Å²) in [5, 5.41) is 0. The van der Waals surface area contributed by atoms with Gasteiger partial charge in [-0.3, -0.25) is 4.79 Å². The normalized spacial score (nSPS) is 25.4. The van der Waals surface area contributed by atoms with E-state index in [1.165, 1.54) is 0 Å². The minimum absolute atomic E-state index is 0.0751. The van der Waals surface area contributed by atoms with Crippen LogP contribution in [0.25, 0.3) is 0 Å². The van der Waals surface area contributed by atoms with Crippen LogP contribution in [0.15, 0.2) is 0 Å². The van der Waals surface area contributed by atoms with E-state index < -0.39 is 12.3 Å². The van der Waals surface area contributed by atoms with Crippen LogP contribution in [0.4, 0.5) is 4.79 Å². The number of hydrogen-bond donors (Lipinski definition) is 0. The fourth-order valence-corrected chi connectivity index (χ4v) is 1.10. The second-order valence-corrected chi connectivity index (χ2v) is 3.16. The van der Waals surface area contributed by atoms with Crippen molar-refractivity contribution in [3.8, 4) is 0 Å². The van der Waals surface area contributed by atoms with Crippen LogP contribution >= 0.6 is 0 Å². The average molecular weight is 202 g/mol. The van der Waals surface area contributed by atoms with Gasteiger partial charge in [-0.2, -0.15) is 0 Å². The summed E-state index contributed by atoms with van der Waals surface area (Å²) in [4.78, 5) is 21.6. The summed E-state index contributed by atoms with van der Waals surface area (Å²) in [6.07, 6.45) is -0.389. The monoisotopic (exact) mass is 202 g/mol. The summed E-state index contributed by atoms with van der Waals surface area (Å²) < 4.78 is 14.4. The van der Waals surface area contributed by atoms with Gasteiger partial charge in [0, 0.05) is 6.42 Å². The maximum absolute atomic E-state index is 11.0. The Hall–Kier alpha value is -1.26. The minimum atomic E-state index is -0.700. The largest absolute Gasteiger partial charge is 0.509 e. The molecule has 0 amide bonds. The first kappa shape index (κ1) is 10.8. The topological polar surface area (TPSA) is 61.8 Å². The molecule has 1 fully saturated rings. The molecule has 1 rings (SSSR count). The molecule has 2 unspecified atom stereocenters. The molecule has 0 saturated carbocycles. The van der Waals surface area contributed by atoms with E-state index in [4.69, 9.17) is 14.2 Å². The van der Waals surface area contributed by atoms with Gasteiger partial charge in [-0.05, 0) is 13.3 Å². The highest BCUT2D eigenvalue weighted by molar-refractivity contribution is 5.69. The Morgan fingerprint density at radius 1 is 1.50 bits per heavy atom. The maximum atomic E-state index is 11.0. The van der Waals surface area contributed by atoms with Gasteiger partial charge in [0.25, 0.3) is 0 Å². The summed E-state index contributed by atoms with van der Waals surface area (Å²) in [7, 11) is 0. The highest BCUT2D eigenvalue weighted by atomic mass is 16.8. The predicted octanol–water partition coefficient (Wildman–Crippen LogP) is 1.25. The minimum Gasteiger partial charge on any atom is -0.462 e. The van der Waals surface area contributed by atoms with E-state index in [0.29, 0.717) is 6.42 Å². The smallest absolute Gasteiger partial charge is 0.462 e. The quantitative estimate of drug-likeness (QED) is 0.642. The molecule has 0 bridgehead atoms. The lowest BCUT2D eigenvalue weighted by atomic mass is 10.2. The van der Waals surface area contributed by atoms with Crippen molar-refractivity contribution in [3.63, 3.8) is 0 Å². The van der Waals surface area contributed by atoms with Gasteiger partial charge < -0.3 is 14.2 Å². The summed E-state index contributed by atoms with van der Waals surface area (Å²) in [6, 6.07) is 0. The van der Waals surface area contributed by atoms with Crippen LogP contribution in [0.1, 0.15) is 26.7 Å². The van der Waals surface area contributed by atoms with Crippen molar-refractivity contribution < 1.29 is 23.8 Å². The van der Waals surface area contributed by atoms with Crippen LogP contribution < -0.4 is 0 Å². The molecule has 0 spiro atoms. The molecule has 0 aromatic rings. The Kier molecular flexibility index (Phi) is 3.73. The lowest BCUT2D eigenvalue weighted by molar-refractivity contribution is -0.146. The predicted molar refractivity (Wildman–Crippen MR) is 46.7 cm³/mol. The number of hydrogen-bond acceptors (Lipinski definition) is 5. The molecule has 0 aromatic carbocycles. The lowest BCUT2D eigenvalue weighted by Crippen LogP contribution is -2.26. The Balaban J connectivity index is 2.24. The SMILES string of the molecule is CCCC(=O)OCC1OC(=O)OC1C. The third-order valence-electron chi connectivity index (χ3n) is 1.92. The molecule has 1 aliphatic rings. The molecule has 5 nitrogen and oxygen atoms in total. The van der Waals surface area contributed by atoms with Crippen molar-refractivity contribution >= 4 is 12.1 Å². The van der Waals surface area contributed by atoms with Crippen molar-refractivity contribution in [2.45, 2.75) is 38.9 Å². The zero-order valence-electron chi connectivity index (χ0n) is 8.32. The van der Waals surface area contributed by atoms with E-state index in [0.717, 1.165) is 6.42 Å². The summed E-state index contributed by atoms with van der Waals surface area (Å²) in [6.45, 7) is 3.66. The van der Waals surface area contributed by atoms with Crippen molar-refractivity contribution in [1.82, 2.24) is 0 Å². The van der Waals surface area contributed by atoms with E-state index in [-0.39, 0.29) is 18.7 Å². The lowest BCUT2D eigenvalue weighted by Gasteiger charge is -2.11. The third kappa shape index (κ3) is 2.90. The van der Waals surface area contributed by atoms with Gasteiger partial charge in [-0.1, -0.05) is 6.92 Å². The Bertz CT molecular complexity index is 225. The first-order valence-electron chi connectivity index (χ1n) is 4.66. The summed E-state index contributed by atoms with van der Waals surface area (Å²) in [5.41, 5.74) is 0. The van der Waals surface area contributed by atoms with Crippen LogP contribution in [-0.2, 0) is 19.0 Å². The molecule has 1 saturated heterocycles. The number of rotatable bonds is 4. The van der Waals surface area contributed by atoms with Gasteiger partial charge >= 0.3 is 12.1 Å². The highest BCUT2D eigenvalue weighted by Gasteiger charge is 2.33. The van der Waals surface area contributed by atoms with E-state index >= 15 is 0 Å². The third-order valence-corrected chi connectivity index (χ3v) is 1.92. The Morgan fingerprint density at radius 2 is 2.21 bits per heavy atom. The van der Waals surface area contributed by atoms with Gasteiger partial charge in [-0.15, -0.1) is 0 Å². The maximum Gasteiger partial charge on any atom is 0.509 e. The zero-order chi connectivity index (χ0) is 10.6. The molecule has 80 valence electrons. The second kappa shape index (κ2) is 4.83.